The standard InChI is InChI=1S/C17H26N2O2/c18-19-15(11-13-5-3-1-2-4-6-13)14-7-8-16-17(12-14)21-10-9-20-16/h7-8,12-13,15,19H,1-6,9-11,18H2. The summed E-state index contributed by atoms with van der Waals surface area (Å²) in [5.41, 5.74) is 4.20. The zero-order valence-electron chi connectivity index (χ0n) is 12.6. The molecule has 116 valence electrons. The van der Waals surface area contributed by atoms with Crippen molar-refractivity contribution < 1.29 is 9.47 Å². The lowest BCUT2D eigenvalue weighted by Gasteiger charge is -2.24. The summed E-state index contributed by atoms with van der Waals surface area (Å²) >= 11 is 0. The third-order valence-corrected chi connectivity index (χ3v) is 4.71. The molecule has 1 fully saturated rings. The number of nitrogens with two attached hydrogens (primary N) is 1. The van der Waals surface area contributed by atoms with Gasteiger partial charge in [0.25, 0.3) is 0 Å². The van der Waals surface area contributed by atoms with Crippen molar-refractivity contribution in [1.29, 1.82) is 0 Å². The van der Waals surface area contributed by atoms with Crippen molar-refractivity contribution in [2.75, 3.05) is 13.2 Å². The lowest BCUT2D eigenvalue weighted by molar-refractivity contribution is 0.171. The SMILES string of the molecule is NNC(CC1CCCCCC1)c1ccc2c(c1)OCCO2. The van der Waals surface area contributed by atoms with Gasteiger partial charge in [-0.25, -0.2) is 0 Å². The molecule has 21 heavy (non-hydrogen) atoms. The molecule has 0 amide bonds. The highest BCUT2D eigenvalue weighted by Crippen LogP contribution is 2.35. The maximum atomic E-state index is 5.82. The highest BCUT2D eigenvalue weighted by molar-refractivity contribution is 5.44. The summed E-state index contributed by atoms with van der Waals surface area (Å²) in [5, 5.41) is 0. The number of ether oxygens (including phenoxy) is 2. The van der Waals surface area contributed by atoms with Gasteiger partial charge in [-0.3, -0.25) is 11.3 Å². The van der Waals surface area contributed by atoms with Gasteiger partial charge >= 0.3 is 0 Å². The van der Waals surface area contributed by atoms with Gasteiger partial charge in [0.1, 0.15) is 13.2 Å². The van der Waals surface area contributed by atoms with Crippen LogP contribution in [0.15, 0.2) is 18.2 Å². The summed E-state index contributed by atoms with van der Waals surface area (Å²) in [5.74, 6) is 8.28. The van der Waals surface area contributed by atoms with E-state index in [1.165, 1.54) is 44.1 Å². The van der Waals surface area contributed by atoms with Gasteiger partial charge in [-0.2, -0.15) is 0 Å². The van der Waals surface area contributed by atoms with Crippen molar-refractivity contribution >= 4 is 0 Å². The number of hydrazine groups is 1. The lowest BCUT2D eigenvalue weighted by Crippen LogP contribution is -2.30. The summed E-state index contributed by atoms with van der Waals surface area (Å²) in [6, 6.07) is 6.38. The van der Waals surface area contributed by atoms with E-state index in [1.54, 1.807) is 0 Å². The van der Waals surface area contributed by atoms with Crippen LogP contribution in [0.4, 0.5) is 0 Å². The lowest BCUT2D eigenvalue weighted by atomic mass is 9.89. The zero-order chi connectivity index (χ0) is 14.5. The van der Waals surface area contributed by atoms with Crippen LogP contribution in [-0.2, 0) is 0 Å². The summed E-state index contributed by atoms with van der Waals surface area (Å²) < 4.78 is 11.3. The largest absolute Gasteiger partial charge is 0.486 e. The second-order valence-corrected chi connectivity index (χ2v) is 6.22. The first-order chi connectivity index (χ1) is 10.4. The van der Waals surface area contributed by atoms with Crippen molar-refractivity contribution in [3.63, 3.8) is 0 Å². The Morgan fingerprint density at radius 1 is 1.05 bits per heavy atom. The minimum Gasteiger partial charge on any atom is -0.486 e. The molecular formula is C17H26N2O2. The van der Waals surface area contributed by atoms with Gasteiger partial charge in [0.05, 0.1) is 0 Å². The van der Waals surface area contributed by atoms with E-state index in [1.807, 2.05) is 6.07 Å². The molecule has 4 heteroatoms. The Kier molecular flexibility index (Phi) is 4.99. The second-order valence-electron chi connectivity index (χ2n) is 6.22. The molecule has 4 nitrogen and oxygen atoms in total. The van der Waals surface area contributed by atoms with Gasteiger partial charge < -0.3 is 9.47 Å². The third kappa shape index (κ3) is 3.69. The fraction of sp³-hybridized carbons (Fsp3) is 0.647. The second kappa shape index (κ2) is 7.14. The molecule has 1 atom stereocenters. The topological polar surface area (TPSA) is 56.5 Å². The smallest absolute Gasteiger partial charge is 0.161 e. The fourth-order valence-corrected chi connectivity index (χ4v) is 3.51. The number of fused-ring (bicyclic) bond motifs is 1. The maximum absolute atomic E-state index is 5.82. The molecule has 1 unspecified atom stereocenters. The van der Waals surface area contributed by atoms with Crippen molar-refractivity contribution in [1.82, 2.24) is 5.43 Å². The first-order valence-electron chi connectivity index (χ1n) is 8.22. The molecule has 0 aromatic heterocycles. The van der Waals surface area contributed by atoms with Gasteiger partial charge in [-0.15, -0.1) is 0 Å². The third-order valence-electron chi connectivity index (χ3n) is 4.71. The molecule has 1 aliphatic heterocycles. The Bertz CT molecular complexity index is 456. The van der Waals surface area contributed by atoms with E-state index in [0.717, 1.165) is 23.8 Å². The van der Waals surface area contributed by atoms with Crippen LogP contribution in [0, 0.1) is 5.92 Å². The van der Waals surface area contributed by atoms with E-state index in [-0.39, 0.29) is 6.04 Å². The van der Waals surface area contributed by atoms with Gasteiger partial charge in [-0.1, -0.05) is 44.6 Å². The molecule has 0 saturated heterocycles. The summed E-state index contributed by atoms with van der Waals surface area (Å²) in [6.45, 7) is 1.26. The number of rotatable bonds is 4. The molecule has 1 aliphatic carbocycles. The summed E-state index contributed by atoms with van der Waals surface area (Å²) in [4.78, 5) is 0. The quantitative estimate of drug-likeness (QED) is 0.507. The van der Waals surface area contributed by atoms with Crippen LogP contribution in [0.25, 0.3) is 0 Å². The fourth-order valence-electron chi connectivity index (χ4n) is 3.51. The van der Waals surface area contributed by atoms with Gasteiger partial charge in [-0.05, 0) is 30.0 Å². The molecule has 1 aromatic rings. The molecule has 3 rings (SSSR count). The number of hydrogen-bond donors (Lipinski definition) is 2. The number of hydrogen-bond acceptors (Lipinski definition) is 4. The van der Waals surface area contributed by atoms with Crippen LogP contribution in [0.1, 0.15) is 56.6 Å². The van der Waals surface area contributed by atoms with Crippen LogP contribution in [0.3, 0.4) is 0 Å². The molecule has 1 saturated carbocycles. The van der Waals surface area contributed by atoms with Gasteiger partial charge in [0.2, 0.25) is 0 Å². The number of nitrogens with one attached hydrogen (secondary N) is 1. The summed E-state index contributed by atoms with van der Waals surface area (Å²) in [7, 11) is 0. The van der Waals surface area contributed by atoms with Gasteiger partial charge in [0, 0.05) is 6.04 Å². The predicted octanol–water partition coefficient (Wildman–Crippen LogP) is 3.32. The van der Waals surface area contributed by atoms with E-state index in [9.17, 15) is 0 Å². The molecule has 0 spiro atoms. The number of benzene rings is 1. The van der Waals surface area contributed by atoms with Crippen LogP contribution in [0.2, 0.25) is 0 Å². The van der Waals surface area contributed by atoms with E-state index >= 15 is 0 Å². The Morgan fingerprint density at radius 2 is 1.76 bits per heavy atom. The molecule has 1 heterocycles. The van der Waals surface area contributed by atoms with Crippen LogP contribution >= 0.6 is 0 Å². The molecule has 1 aromatic carbocycles. The minimum atomic E-state index is 0.198. The first kappa shape index (κ1) is 14.7. The van der Waals surface area contributed by atoms with Crippen LogP contribution in [-0.4, -0.2) is 13.2 Å². The highest BCUT2D eigenvalue weighted by atomic mass is 16.6. The predicted molar refractivity (Wildman–Crippen MR) is 83.3 cm³/mol. The first-order valence-corrected chi connectivity index (χ1v) is 8.22. The summed E-state index contributed by atoms with van der Waals surface area (Å²) in [6.07, 6.45) is 9.29. The van der Waals surface area contributed by atoms with E-state index in [2.05, 4.69) is 17.6 Å². The molecule has 3 N–H and O–H groups in total. The molecule has 0 radical (unpaired) electrons. The zero-order valence-corrected chi connectivity index (χ0v) is 12.6. The normalized spacial score (nSPS) is 20.8. The molecular weight excluding hydrogens is 264 g/mol. The molecule has 2 aliphatic rings. The Hall–Kier alpha value is -1.26. The van der Waals surface area contributed by atoms with E-state index < -0.39 is 0 Å². The van der Waals surface area contributed by atoms with E-state index in [0.29, 0.717) is 13.2 Å². The average molecular weight is 290 g/mol. The van der Waals surface area contributed by atoms with Crippen molar-refractivity contribution in [3.05, 3.63) is 23.8 Å². The average Bonchev–Trinajstić information content (AvgIpc) is 2.81. The Morgan fingerprint density at radius 3 is 2.48 bits per heavy atom. The Labute approximate surface area is 127 Å². The minimum absolute atomic E-state index is 0.198. The maximum Gasteiger partial charge on any atom is 0.161 e. The van der Waals surface area contributed by atoms with Crippen molar-refractivity contribution in [3.8, 4) is 11.5 Å². The van der Waals surface area contributed by atoms with Crippen LogP contribution < -0.4 is 20.7 Å². The monoisotopic (exact) mass is 290 g/mol. The highest BCUT2D eigenvalue weighted by Gasteiger charge is 2.21. The van der Waals surface area contributed by atoms with Crippen LogP contribution in [0.5, 0.6) is 11.5 Å². The van der Waals surface area contributed by atoms with Crippen molar-refractivity contribution in [2.45, 2.75) is 51.0 Å². The van der Waals surface area contributed by atoms with E-state index in [4.69, 9.17) is 15.3 Å². The van der Waals surface area contributed by atoms with Crippen molar-refractivity contribution in [2.24, 2.45) is 11.8 Å². The Balaban J connectivity index is 1.70. The van der Waals surface area contributed by atoms with Gasteiger partial charge in [0.15, 0.2) is 11.5 Å². The molecule has 0 bridgehead atoms.